The van der Waals surface area contributed by atoms with Gasteiger partial charge < -0.3 is 10.6 Å². The minimum atomic E-state index is -0.226. The quantitative estimate of drug-likeness (QED) is 0.630. The van der Waals surface area contributed by atoms with E-state index < -0.39 is 0 Å². The fourth-order valence-corrected chi connectivity index (χ4v) is 1.36. The normalized spacial score (nSPS) is 14.0. The molecule has 0 unspecified atom stereocenters. The number of urea groups is 1. The Morgan fingerprint density at radius 1 is 1.38 bits per heavy atom. The highest BCUT2D eigenvalue weighted by atomic mass is 16.2. The molecule has 0 bridgehead atoms. The van der Waals surface area contributed by atoms with E-state index in [1.54, 1.807) is 18.2 Å². The fraction of sp³-hybridized carbons (Fsp3) is 0.111. The SMILES string of the molecule is O=Cc1cccc2c1CNC(=O)N2. The highest BCUT2D eigenvalue weighted by molar-refractivity contribution is 5.94. The van der Waals surface area contributed by atoms with E-state index in [1.165, 1.54) is 0 Å². The van der Waals surface area contributed by atoms with Gasteiger partial charge >= 0.3 is 6.03 Å². The molecule has 0 fully saturated rings. The third-order valence-corrected chi connectivity index (χ3v) is 2.01. The molecule has 0 saturated carbocycles. The van der Waals surface area contributed by atoms with E-state index in [0.717, 1.165) is 11.8 Å². The third kappa shape index (κ3) is 1.26. The minimum absolute atomic E-state index is 0.226. The lowest BCUT2D eigenvalue weighted by molar-refractivity contribution is 0.112. The van der Waals surface area contributed by atoms with Crippen molar-refractivity contribution in [1.29, 1.82) is 0 Å². The lowest BCUT2D eigenvalue weighted by Crippen LogP contribution is -2.33. The van der Waals surface area contributed by atoms with E-state index in [9.17, 15) is 9.59 Å². The first kappa shape index (κ1) is 7.79. The van der Waals surface area contributed by atoms with Gasteiger partial charge in [-0.05, 0) is 6.07 Å². The summed E-state index contributed by atoms with van der Waals surface area (Å²) in [4.78, 5) is 21.5. The van der Waals surface area contributed by atoms with Gasteiger partial charge in [0.25, 0.3) is 0 Å². The Morgan fingerprint density at radius 2 is 2.23 bits per heavy atom. The maximum atomic E-state index is 10.9. The Hall–Kier alpha value is -1.84. The molecule has 4 nitrogen and oxygen atoms in total. The van der Waals surface area contributed by atoms with Gasteiger partial charge in [-0.25, -0.2) is 4.79 Å². The van der Waals surface area contributed by atoms with Crippen molar-refractivity contribution in [2.45, 2.75) is 6.54 Å². The molecule has 66 valence electrons. The molecule has 0 radical (unpaired) electrons. The molecule has 0 saturated heterocycles. The number of aldehydes is 1. The summed E-state index contributed by atoms with van der Waals surface area (Å²) in [5, 5.41) is 5.23. The Morgan fingerprint density at radius 3 is 3.00 bits per heavy atom. The summed E-state index contributed by atoms with van der Waals surface area (Å²) >= 11 is 0. The van der Waals surface area contributed by atoms with Gasteiger partial charge in [0.05, 0.1) is 0 Å². The summed E-state index contributed by atoms with van der Waals surface area (Å²) in [5.74, 6) is 0. The average Bonchev–Trinajstić information content (AvgIpc) is 2.16. The Bertz CT molecular complexity index is 374. The van der Waals surface area contributed by atoms with Crippen LogP contribution in [-0.4, -0.2) is 12.3 Å². The van der Waals surface area contributed by atoms with E-state index in [-0.39, 0.29) is 6.03 Å². The third-order valence-electron chi connectivity index (χ3n) is 2.01. The molecule has 1 aliphatic heterocycles. The van der Waals surface area contributed by atoms with Crippen LogP contribution in [0.25, 0.3) is 0 Å². The van der Waals surface area contributed by atoms with Crippen molar-refractivity contribution in [3.05, 3.63) is 29.3 Å². The van der Waals surface area contributed by atoms with Crippen LogP contribution in [0.5, 0.6) is 0 Å². The molecule has 2 amide bonds. The first-order valence-corrected chi connectivity index (χ1v) is 3.93. The van der Waals surface area contributed by atoms with E-state index in [1.807, 2.05) is 0 Å². The number of amides is 2. The van der Waals surface area contributed by atoms with Crippen molar-refractivity contribution >= 4 is 18.0 Å². The molecule has 0 atom stereocenters. The summed E-state index contributed by atoms with van der Waals surface area (Å²) in [7, 11) is 0. The largest absolute Gasteiger partial charge is 0.334 e. The molecule has 13 heavy (non-hydrogen) atoms. The Labute approximate surface area is 74.9 Å². The summed E-state index contributed by atoms with van der Waals surface area (Å²) in [5.41, 5.74) is 2.18. The van der Waals surface area contributed by atoms with Gasteiger partial charge in [0.1, 0.15) is 6.29 Å². The highest BCUT2D eigenvalue weighted by Crippen LogP contribution is 2.21. The number of carbonyl (C=O) groups excluding carboxylic acids is 2. The molecule has 0 aliphatic carbocycles. The summed E-state index contributed by atoms with van der Waals surface area (Å²) in [6, 6.07) is 5.02. The number of carbonyl (C=O) groups is 2. The molecular formula is C9H8N2O2. The van der Waals surface area contributed by atoms with Gasteiger partial charge in [-0.15, -0.1) is 0 Å². The van der Waals surface area contributed by atoms with Crippen molar-refractivity contribution in [2.75, 3.05) is 5.32 Å². The maximum absolute atomic E-state index is 10.9. The van der Waals surface area contributed by atoms with Crippen LogP contribution in [0.3, 0.4) is 0 Å². The molecule has 1 aromatic carbocycles. The summed E-state index contributed by atoms with van der Waals surface area (Å²) in [6.45, 7) is 0.413. The number of fused-ring (bicyclic) bond motifs is 1. The molecule has 1 aromatic rings. The van der Waals surface area contributed by atoms with Crippen molar-refractivity contribution < 1.29 is 9.59 Å². The molecule has 2 N–H and O–H groups in total. The van der Waals surface area contributed by atoms with Gasteiger partial charge in [-0.3, -0.25) is 4.79 Å². The van der Waals surface area contributed by atoms with E-state index in [4.69, 9.17) is 0 Å². The van der Waals surface area contributed by atoms with Gasteiger partial charge in [0.15, 0.2) is 0 Å². The first-order valence-electron chi connectivity index (χ1n) is 3.93. The molecule has 1 aliphatic rings. The highest BCUT2D eigenvalue weighted by Gasteiger charge is 2.15. The maximum Gasteiger partial charge on any atom is 0.319 e. The van der Waals surface area contributed by atoms with Crippen LogP contribution in [0.2, 0.25) is 0 Å². The second kappa shape index (κ2) is 2.90. The first-order chi connectivity index (χ1) is 6.31. The Balaban J connectivity index is 2.51. The van der Waals surface area contributed by atoms with Crippen LogP contribution < -0.4 is 10.6 Å². The average molecular weight is 176 g/mol. The predicted octanol–water partition coefficient (Wildman–Crippen LogP) is 1.13. The molecule has 2 rings (SSSR count). The van der Waals surface area contributed by atoms with Crippen molar-refractivity contribution in [3.63, 3.8) is 0 Å². The van der Waals surface area contributed by atoms with Crippen LogP contribution in [0.15, 0.2) is 18.2 Å². The second-order valence-electron chi connectivity index (χ2n) is 2.80. The number of hydrogen-bond donors (Lipinski definition) is 2. The molecule has 4 heteroatoms. The zero-order valence-electron chi connectivity index (χ0n) is 6.83. The van der Waals surface area contributed by atoms with E-state index in [2.05, 4.69) is 10.6 Å². The van der Waals surface area contributed by atoms with Crippen molar-refractivity contribution in [1.82, 2.24) is 5.32 Å². The number of rotatable bonds is 1. The minimum Gasteiger partial charge on any atom is -0.334 e. The number of anilines is 1. The van der Waals surface area contributed by atoms with Crippen LogP contribution >= 0.6 is 0 Å². The van der Waals surface area contributed by atoms with E-state index >= 15 is 0 Å². The van der Waals surface area contributed by atoms with Crippen LogP contribution in [-0.2, 0) is 6.54 Å². The smallest absolute Gasteiger partial charge is 0.319 e. The molecular weight excluding hydrogens is 168 g/mol. The van der Waals surface area contributed by atoms with E-state index in [0.29, 0.717) is 17.8 Å². The fourth-order valence-electron chi connectivity index (χ4n) is 1.36. The standard InChI is InChI=1S/C9H8N2O2/c12-5-6-2-1-3-8-7(6)4-10-9(13)11-8/h1-3,5H,4H2,(H2,10,11,13). The predicted molar refractivity (Wildman–Crippen MR) is 47.7 cm³/mol. The monoisotopic (exact) mass is 176 g/mol. The topological polar surface area (TPSA) is 58.2 Å². The summed E-state index contributed by atoms with van der Waals surface area (Å²) in [6.07, 6.45) is 0.790. The number of nitrogens with one attached hydrogen (secondary N) is 2. The van der Waals surface area contributed by atoms with Crippen LogP contribution in [0.1, 0.15) is 15.9 Å². The molecule has 1 heterocycles. The number of benzene rings is 1. The zero-order valence-corrected chi connectivity index (χ0v) is 6.83. The molecule has 0 aromatic heterocycles. The van der Waals surface area contributed by atoms with Gasteiger partial charge in [-0.1, -0.05) is 12.1 Å². The molecule has 0 spiro atoms. The van der Waals surface area contributed by atoms with Gasteiger partial charge in [0, 0.05) is 23.4 Å². The van der Waals surface area contributed by atoms with Gasteiger partial charge in [0.2, 0.25) is 0 Å². The lowest BCUT2D eigenvalue weighted by Gasteiger charge is -2.19. The van der Waals surface area contributed by atoms with Crippen LogP contribution in [0, 0.1) is 0 Å². The summed E-state index contributed by atoms with van der Waals surface area (Å²) < 4.78 is 0. The van der Waals surface area contributed by atoms with Crippen LogP contribution in [0.4, 0.5) is 10.5 Å². The zero-order chi connectivity index (χ0) is 9.26. The van der Waals surface area contributed by atoms with Crippen molar-refractivity contribution in [3.8, 4) is 0 Å². The second-order valence-corrected chi connectivity index (χ2v) is 2.80. The van der Waals surface area contributed by atoms with Gasteiger partial charge in [-0.2, -0.15) is 0 Å². The number of hydrogen-bond acceptors (Lipinski definition) is 2. The van der Waals surface area contributed by atoms with Crippen molar-refractivity contribution in [2.24, 2.45) is 0 Å². The lowest BCUT2D eigenvalue weighted by atomic mass is 10.1. The Kier molecular flexibility index (Phi) is 1.73.